The number of nitrogens with zero attached hydrogens (tertiary/aromatic N) is 2. The van der Waals surface area contributed by atoms with Gasteiger partial charge in [-0.3, -0.25) is 4.79 Å². The number of benzene rings is 3. The Morgan fingerprint density at radius 1 is 1.06 bits per heavy atom. The second-order valence-electron chi connectivity index (χ2n) is 7.39. The van der Waals surface area contributed by atoms with E-state index >= 15 is 0 Å². The minimum atomic E-state index is -1.31. The van der Waals surface area contributed by atoms with E-state index in [1.165, 1.54) is 0 Å². The Labute approximate surface area is 184 Å². The van der Waals surface area contributed by atoms with Crippen molar-refractivity contribution in [2.75, 3.05) is 0 Å². The number of aliphatic carboxylic acids is 1. The van der Waals surface area contributed by atoms with Crippen LogP contribution >= 0.6 is 11.3 Å². The van der Waals surface area contributed by atoms with E-state index in [2.05, 4.69) is 4.98 Å². The highest BCUT2D eigenvalue weighted by atomic mass is 32.1. The highest BCUT2D eigenvalue weighted by molar-refractivity contribution is 7.21. The Morgan fingerprint density at radius 2 is 1.81 bits per heavy atom. The first-order chi connectivity index (χ1) is 15.4. The Bertz CT molecular complexity index is 1520. The van der Waals surface area contributed by atoms with Crippen LogP contribution in [0.25, 0.3) is 42.9 Å². The smallest absolute Gasteiger partial charge is 0.323 e. The third kappa shape index (κ3) is 3.06. The van der Waals surface area contributed by atoms with E-state index in [9.17, 15) is 23.1 Å². The standard InChI is InChI=1S/C24H15F3N2O2S/c1-12-6-5-9-16-18(12)19(22(29(16)11-17(30)31)13-7-3-2-4-8-13)24-28-21-20(27)14(25)10-15(26)23(21)32-24/h2-10H,11H2,1H3,(H,30,31). The van der Waals surface area contributed by atoms with Crippen LogP contribution in [0.3, 0.4) is 0 Å². The molecule has 0 bridgehead atoms. The topological polar surface area (TPSA) is 55.1 Å². The van der Waals surface area contributed by atoms with Gasteiger partial charge in [0.1, 0.15) is 22.9 Å². The van der Waals surface area contributed by atoms with Gasteiger partial charge in [0.2, 0.25) is 0 Å². The van der Waals surface area contributed by atoms with Crippen LogP contribution in [0.15, 0.2) is 54.6 Å². The summed E-state index contributed by atoms with van der Waals surface area (Å²) in [5.74, 6) is -4.44. The molecule has 0 radical (unpaired) electrons. The van der Waals surface area contributed by atoms with E-state index in [-0.39, 0.29) is 21.8 Å². The molecule has 0 unspecified atom stereocenters. The molecule has 5 aromatic rings. The second-order valence-corrected chi connectivity index (χ2v) is 8.39. The predicted octanol–water partition coefficient (Wildman–Crippen LogP) is 6.40. The van der Waals surface area contributed by atoms with Gasteiger partial charge in [0.15, 0.2) is 11.6 Å². The molecule has 160 valence electrons. The minimum absolute atomic E-state index is 0.0920. The summed E-state index contributed by atoms with van der Waals surface area (Å²) in [6.07, 6.45) is 0. The van der Waals surface area contributed by atoms with E-state index in [4.69, 9.17) is 0 Å². The largest absolute Gasteiger partial charge is 0.480 e. The summed E-state index contributed by atoms with van der Waals surface area (Å²) >= 11 is 0.911. The second kappa shape index (κ2) is 7.49. The van der Waals surface area contributed by atoms with Crippen LogP contribution < -0.4 is 0 Å². The van der Waals surface area contributed by atoms with Crippen LogP contribution in [0, 0.1) is 24.4 Å². The van der Waals surface area contributed by atoms with Gasteiger partial charge in [0.25, 0.3) is 0 Å². The van der Waals surface area contributed by atoms with Gasteiger partial charge in [-0.1, -0.05) is 42.5 Å². The number of fused-ring (bicyclic) bond motifs is 2. The van der Waals surface area contributed by atoms with Gasteiger partial charge in [0.05, 0.1) is 15.9 Å². The molecule has 4 nitrogen and oxygen atoms in total. The van der Waals surface area contributed by atoms with Crippen molar-refractivity contribution in [2.45, 2.75) is 13.5 Å². The molecule has 0 saturated carbocycles. The average molecular weight is 452 g/mol. The maximum absolute atomic E-state index is 14.4. The van der Waals surface area contributed by atoms with E-state index in [0.29, 0.717) is 22.8 Å². The predicted molar refractivity (Wildman–Crippen MR) is 118 cm³/mol. The molecular weight excluding hydrogens is 437 g/mol. The molecule has 3 aromatic carbocycles. The van der Waals surface area contributed by atoms with Crippen LogP contribution in [0.5, 0.6) is 0 Å². The number of hydrogen-bond donors (Lipinski definition) is 1. The molecule has 0 aliphatic carbocycles. The fourth-order valence-electron chi connectivity index (χ4n) is 4.07. The lowest BCUT2D eigenvalue weighted by molar-refractivity contribution is -0.137. The summed E-state index contributed by atoms with van der Waals surface area (Å²) in [5.41, 5.74) is 2.99. The number of halogens is 3. The number of carboxylic acid groups (broad SMARTS) is 1. The third-order valence-corrected chi connectivity index (χ3v) is 6.45. The Kier molecular flexibility index (Phi) is 4.74. The summed E-state index contributed by atoms with van der Waals surface area (Å²) in [6.45, 7) is 1.56. The SMILES string of the molecule is Cc1cccc2c1c(-c1nc3c(F)c(F)cc(F)c3s1)c(-c1ccccc1)n2CC(=O)O. The average Bonchev–Trinajstić information content (AvgIpc) is 3.34. The van der Waals surface area contributed by atoms with Crippen molar-refractivity contribution in [1.29, 1.82) is 0 Å². The van der Waals surface area contributed by atoms with E-state index < -0.39 is 23.4 Å². The summed E-state index contributed by atoms with van der Waals surface area (Å²) < 4.78 is 44.2. The zero-order chi connectivity index (χ0) is 22.6. The highest BCUT2D eigenvalue weighted by Gasteiger charge is 2.26. The molecule has 2 aromatic heterocycles. The van der Waals surface area contributed by atoms with Gasteiger partial charge >= 0.3 is 5.97 Å². The number of carboxylic acids is 1. The summed E-state index contributed by atoms with van der Waals surface area (Å²) in [7, 11) is 0. The molecule has 8 heteroatoms. The van der Waals surface area contributed by atoms with Crippen molar-refractivity contribution >= 4 is 38.4 Å². The van der Waals surface area contributed by atoms with Crippen molar-refractivity contribution < 1.29 is 23.1 Å². The van der Waals surface area contributed by atoms with E-state index in [1.807, 2.05) is 49.4 Å². The lowest BCUT2D eigenvalue weighted by Gasteiger charge is -2.10. The summed E-state index contributed by atoms with van der Waals surface area (Å²) in [6, 6.07) is 15.2. The molecule has 0 spiro atoms. The van der Waals surface area contributed by atoms with Crippen LogP contribution in [0.4, 0.5) is 13.2 Å². The van der Waals surface area contributed by atoms with Gasteiger partial charge in [-0.25, -0.2) is 18.2 Å². The minimum Gasteiger partial charge on any atom is -0.480 e. The number of rotatable bonds is 4. The Hall–Kier alpha value is -3.65. The number of carbonyl (C=O) groups is 1. The molecule has 0 atom stereocenters. The number of aryl methyl sites for hydroxylation is 1. The fraction of sp³-hybridized carbons (Fsp3) is 0.0833. The molecule has 0 saturated heterocycles. The fourth-order valence-corrected chi connectivity index (χ4v) is 5.09. The van der Waals surface area contributed by atoms with Crippen molar-refractivity contribution in [3.05, 3.63) is 77.6 Å². The number of hydrogen-bond acceptors (Lipinski definition) is 3. The first-order valence-electron chi connectivity index (χ1n) is 9.70. The molecule has 5 rings (SSSR count). The molecule has 0 aliphatic rings. The van der Waals surface area contributed by atoms with Crippen molar-refractivity contribution in [1.82, 2.24) is 9.55 Å². The lowest BCUT2D eigenvalue weighted by Crippen LogP contribution is -2.09. The highest BCUT2D eigenvalue weighted by Crippen LogP contribution is 2.45. The van der Waals surface area contributed by atoms with Gasteiger partial charge in [-0.15, -0.1) is 11.3 Å². The molecular formula is C24H15F3N2O2S. The molecule has 0 fully saturated rings. The molecule has 2 heterocycles. The van der Waals surface area contributed by atoms with Crippen LogP contribution in [0.1, 0.15) is 5.56 Å². The molecule has 1 N–H and O–H groups in total. The molecule has 0 amide bonds. The van der Waals surface area contributed by atoms with E-state index in [0.717, 1.165) is 27.8 Å². The third-order valence-electron chi connectivity index (χ3n) is 5.37. The van der Waals surface area contributed by atoms with Gasteiger partial charge in [0, 0.05) is 17.0 Å². The Balaban J connectivity index is 1.95. The zero-order valence-electron chi connectivity index (χ0n) is 16.7. The maximum Gasteiger partial charge on any atom is 0.323 e. The van der Waals surface area contributed by atoms with Crippen LogP contribution in [-0.4, -0.2) is 20.6 Å². The van der Waals surface area contributed by atoms with Crippen molar-refractivity contribution in [3.63, 3.8) is 0 Å². The van der Waals surface area contributed by atoms with Gasteiger partial charge in [-0.2, -0.15) is 0 Å². The van der Waals surface area contributed by atoms with Crippen molar-refractivity contribution in [3.8, 4) is 21.8 Å². The zero-order valence-corrected chi connectivity index (χ0v) is 17.5. The van der Waals surface area contributed by atoms with Crippen LogP contribution in [0.2, 0.25) is 0 Å². The lowest BCUT2D eigenvalue weighted by atomic mass is 10.0. The number of thiazole rings is 1. The summed E-state index contributed by atoms with van der Waals surface area (Å²) in [5, 5.41) is 10.6. The number of aromatic nitrogens is 2. The first-order valence-corrected chi connectivity index (χ1v) is 10.5. The van der Waals surface area contributed by atoms with Crippen LogP contribution in [-0.2, 0) is 11.3 Å². The Morgan fingerprint density at radius 3 is 2.53 bits per heavy atom. The van der Waals surface area contributed by atoms with Gasteiger partial charge in [-0.05, 0) is 24.1 Å². The molecule has 32 heavy (non-hydrogen) atoms. The summed E-state index contributed by atoms with van der Waals surface area (Å²) in [4.78, 5) is 16.0. The van der Waals surface area contributed by atoms with Crippen molar-refractivity contribution in [2.24, 2.45) is 0 Å². The maximum atomic E-state index is 14.4. The monoisotopic (exact) mass is 452 g/mol. The normalized spacial score (nSPS) is 11.5. The van der Waals surface area contributed by atoms with E-state index in [1.54, 1.807) is 10.6 Å². The quantitative estimate of drug-likeness (QED) is 0.321. The first kappa shape index (κ1) is 20.3. The van der Waals surface area contributed by atoms with Gasteiger partial charge < -0.3 is 9.67 Å². The molecule has 0 aliphatic heterocycles.